The van der Waals surface area contributed by atoms with Crippen LogP contribution in [0, 0.1) is 0 Å². The molecule has 0 saturated carbocycles. The summed E-state index contributed by atoms with van der Waals surface area (Å²) >= 11 is 0. The minimum absolute atomic E-state index is 0.0788. The monoisotopic (exact) mass is 389 g/mol. The lowest BCUT2D eigenvalue weighted by molar-refractivity contribution is 0.0962. The summed E-state index contributed by atoms with van der Waals surface area (Å²) in [7, 11) is 1.56. The maximum Gasteiger partial charge on any atom is 0.407 e. The molecule has 1 N–H and O–H groups in total. The third-order valence-electron chi connectivity index (χ3n) is 4.50. The highest BCUT2D eigenvalue weighted by atomic mass is 16.5. The lowest BCUT2D eigenvalue weighted by atomic mass is 9.97. The topological polar surface area (TPSA) is 64.6 Å². The van der Waals surface area contributed by atoms with Crippen LogP contribution in [0.1, 0.15) is 33.9 Å². The zero-order valence-electron chi connectivity index (χ0n) is 16.2. The van der Waals surface area contributed by atoms with Gasteiger partial charge in [0, 0.05) is 17.5 Å². The van der Waals surface area contributed by atoms with E-state index in [2.05, 4.69) is 5.32 Å². The maximum atomic E-state index is 12.8. The molecule has 0 aromatic heterocycles. The highest BCUT2D eigenvalue weighted by molar-refractivity contribution is 5.96. The Morgan fingerprint density at radius 2 is 1.48 bits per heavy atom. The van der Waals surface area contributed by atoms with E-state index in [9.17, 15) is 9.59 Å². The number of nitrogens with one attached hydrogen (secondary N) is 1. The zero-order chi connectivity index (χ0) is 20.5. The van der Waals surface area contributed by atoms with Crippen LogP contribution in [0.4, 0.5) is 4.79 Å². The van der Waals surface area contributed by atoms with Crippen molar-refractivity contribution in [2.75, 3.05) is 7.11 Å². The third kappa shape index (κ3) is 5.69. The Morgan fingerprint density at radius 1 is 0.862 bits per heavy atom. The molecule has 1 unspecified atom stereocenters. The molecule has 0 aliphatic rings. The molecule has 0 fully saturated rings. The van der Waals surface area contributed by atoms with Gasteiger partial charge in [0.2, 0.25) is 0 Å². The van der Waals surface area contributed by atoms with Gasteiger partial charge in [-0.25, -0.2) is 4.79 Å². The molecule has 5 heteroatoms. The van der Waals surface area contributed by atoms with Gasteiger partial charge in [-0.3, -0.25) is 4.79 Å². The van der Waals surface area contributed by atoms with Crippen molar-refractivity contribution in [2.24, 2.45) is 0 Å². The molecular formula is C24H23NO4. The highest BCUT2D eigenvalue weighted by Crippen LogP contribution is 2.28. The second kappa shape index (κ2) is 10.1. The molecule has 0 spiro atoms. The van der Waals surface area contributed by atoms with Crippen LogP contribution in [0.3, 0.4) is 0 Å². The molecule has 0 radical (unpaired) electrons. The molecule has 0 saturated heterocycles. The van der Waals surface area contributed by atoms with E-state index >= 15 is 0 Å². The maximum absolute atomic E-state index is 12.8. The van der Waals surface area contributed by atoms with E-state index < -0.39 is 12.1 Å². The molecule has 1 amide bonds. The van der Waals surface area contributed by atoms with Crippen LogP contribution in [0.25, 0.3) is 0 Å². The molecular weight excluding hydrogens is 366 g/mol. The van der Waals surface area contributed by atoms with Gasteiger partial charge in [-0.1, -0.05) is 78.9 Å². The van der Waals surface area contributed by atoms with Crippen molar-refractivity contribution in [3.05, 3.63) is 102 Å². The second-order valence-corrected chi connectivity index (χ2v) is 6.49. The van der Waals surface area contributed by atoms with Gasteiger partial charge >= 0.3 is 6.09 Å². The average molecular weight is 389 g/mol. The Bertz CT molecular complexity index is 941. The van der Waals surface area contributed by atoms with E-state index in [1.165, 1.54) is 0 Å². The number of benzene rings is 3. The van der Waals surface area contributed by atoms with Crippen molar-refractivity contribution in [3.63, 3.8) is 0 Å². The molecule has 5 nitrogen and oxygen atoms in total. The summed E-state index contributed by atoms with van der Waals surface area (Å²) in [6, 6.07) is 25.1. The number of amides is 1. The van der Waals surface area contributed by atoms with Gasteiger partial charge in [0.05, 0.1) is 13.2 Å². The second-order valence-electron chi connectivity index (χ2n) is 6.49. The number of carbonyl (C=O) groups is 2. The van der Waals surface area contributed by atoms with Gasteiger partial charge in [-0.2, -0.15) is 0 Å². The number of carbonyl (C=O) groups excluding carboxylic acids is 2. The summed E-state index contributed by atoms with van der Waals surface area (Å²) in [4.78, 5) is 25.2. The Hall–Kier alpha value is -3.60. The lowest BCUT2D eigenvalue weighted by Crippen LogP contribution is -2.31. The standard InChI is InChI=1S/C24H23NO4/c1-28-23-15-9-8-14-20(23)21(16-22(26)19-12-6-3-7-13-19)25-24(27)29-17-18-10-4-2-5-11-18/h2-15,21H,16-17H2,1H3,(H,25,27). The predicted octanol–water partition coefficient (Wildman–Crippen LogP) is 4.94. The third-order valence-corrected chi connectivity index (χ3v) is 4.50. The number of ether oxygens (including phenoxy) is 2. The van der Waals surface area contributed by atoms with Gasteiger partial charge in [0.1, 0.15) is 12.4 Å². The Kier molecular flexibility index (Phi) is 7.00. The summed E-state index contributed by atoms with van der Waals surface area (Å²) in [6.45, 7) is 0.151. The number of para-hydroxylation sites is 1. The van der Waals surface area contributed by atoms with Crippen molar-refractivity contribution in [2.45, 2.75) is 19.1 Å². The van der Waals surface area contributed by atoms with E-state index in [1.807, 2.05) is 66.7 Å². The van der Waals surface area contributed by atoms with Crippen molar-refractivity contribution in [1.82, 2.24) is 5.32 Å². The van der Waals surface area contributed by atoms with Crippen LogP contribution >= 0.6 is 0 Å². The fraction of sp³-hybridized carbons (Fsp3) is 0.167. The minimum atomic E-state index is -0.592. The van der Waals surface area contributed by atoms with Crippen molar-refractivity contribution in [1.29, 1.82) is 0 Å². The van der Waals surface area contributed by atoms with Crippen LogP contribution in [-0.2, 0) is 11.3 Å². The van der Waals surface area contributed by atoms with Gasteiger partial charge in [0.25, 0.3) is 0 Å². The van der Waals surface area contributed by atoms with Crippen molar-refractivity contribution < 1.29 is 19.1 Å². The average Bonchev–Trinajstić information content (AvgIpc) is 2.78. The first-order chi connectivity index (χ1) is 14.2. The highest BCUT2D eigenvalue weighted by Gasteiger charge is 2.23. The molecule has 3 rings (SSSR count). The number of hydrogen-bond acceptors (Lipinski definition) is 4. The van der Waals surface area contributed by atoms with Gasteiger partial charge in [-0.15, -0.1) is 0 Å². The van der Waals surface area contributed by atoms with Crippen LogP contribution in [0.15, 0.2) is 84.9 Å². The quantitative estimate of drug-likeness (QED) is 0.555. The number of alkyl carbamates (subject to hydrolysis) is 1. The summed E-state index contributed by atoms with van der Waals surface area (Å²) in [5.74, 6) is 0.520. The molecule has 1 atom stereocenters. The van der Waals surface area contributed by atoms with E-state index in [4.69, 9.17) is 9.47 Å². The Morgan fingerprint density at radius 3 is 2.17 bits per heavy atom. The molecule has 3 aromatic carbocycles. The van der Waals surface area contributed by atoms with Crippen LogP contribution in [0.5, 0.6) is 5.75 Å². The first-order valence-corrected chi connectivity index (χ1v) is 9.35. The predicted molar refractivity (Wildman–Crippen MR) is 111 cm³/mol. The molecule has 3 aromatic rings. The normalized spacial score (nSPS) is 11.3. The van der Waals surface area contributed by atoms with Gasteiger partial charge < -0.3 is 14.8 Å². The largest absolute Gasteiger partial charge is 0.496 e. The first-order valence-electron chi connectivity index (χ1n) is 9.35. The Labute approximate surface area is 170 Å². The van der Waals surface area contributed by atoms with Crippen LogP contribution in [0.2, 0.25) is 0 Å². The summed E-state index contributed by atoms with van der Waals surface area (Å²) in [6.07, 6.45) is -0.504. The fourth-order valence-corrected chi connectivity index (χ4v) is 3.03. The number of rotatable bonds is 8. The molecule has 148 valence electrons. The fourth-order valence-electron chi connectivity index (χ4n) is 3.03. The van der Waals surface area contributed by atoms with Crippen molar-refractivity contribution in [3.8, 4) is 5.75 Å². The smallest absolute Gasteiger partial charge is 0.407 e. The molecule has 0 aliphatic heterocycles. The number of Topliss-reactive ketones (excluding diaryl/α,β-unsaturated/α-hetero) is 1. The van der Waals surface area contributed by atoms with E-state index in [0.29, 0.717) is 11.3 Å². The van der Waals surface area contributed by atoms with E-state index in [-0.39, 0.29) is 18.8 Å². The number of hydrogen-bond donors (Lipinski definition) is 1. The van der Waals surface area contributed by atoms with E-state index in [0.717, 1.165) is 11.1 Å². The molecule has 0 aliphatic carbocycles. The Balaban J connectivity index is 1.75. The summed E-state index contributed by atoms with van der Waals surface area (Å²) in [5.41, 5.74) is 2.19. The lowest BCUT2D eigenvalue weighted by Gasteiger charge is -2.21. The number of ketones is 1. The zero-order valence-corrected chi connectivity index (χ0v) is 16.2. The van der Waals surface area contributed by atoms with Gasteiger partial charge in [0.15, 0.2) is 5.78 Å². The summed E-state index contributed by atoms with van der Waals surface area (Å²) < 4.78 is 10.8. The van der Waals surface area contributed by atoms with Gasteiger partial charge in [-0.05, 0) is 11.6 Å². The van der Waals surface area contributed by atoms with Crippen LogP contribution in [-0.4, -0.2) is 19.0 Å². The first kappa shape index (κ1) is 20.1. The minimum Gasteiger partial charge on any atom is -0.496 e. The van der Waals surface area contributed by atoms with Crippen molar-refractivity contribution >= 4 is 11.9 Å². The SMILES string of the molecule is COc1ccccc1C(CC(=O)c1ccccc1)NC(=O)OCc1ccccc1. The molecule has 0 heterocycles. The number of methoxy groups -OCH3 is 1. The van der Waals surface area contributed by atoms with Crippen LogP contribution < -0.4 is 10.1 Å². The molecule has 0 bridgehead atoms. The molecule has 29 heavy (non-hydrogen) atoms. The summed E-state index contributed by atoms with van der Waals surface area (Å²) in [5, 5.41) is 2.82. The van der Waals surface area contributed by atoms with E-state index in [1.54, 1.807) is 25.3 Å².